The molecule has 0 N–H and O–H groups in total. The molecule has 29 heteroatoms. The van der Waals surface area contributed by atoms with E-state index in [4.69, 9.17) is 44.8 Å². The van der Waals surface area contributed by atoms with Gasteiger partial charge >= 0.3 is 49.1 Å². The molecule has 4 saturated heterocycles. The lowest BCUT2D eigenvalue weighted by atomic mass is 9.88. The van der Waals surface area contributed by atoms with E-state index >= 15 is 0 Å². The van der Waals surface area contributed by atoms with Gasteiger partial charge in [0, 0.05) is 64.1 Å². The van der Waals surface area contributed by atoms with Crippen molar-refractivity contribution in [3.63, 3.8) is 0 Å². The molecule has 0 unspecified atom stereocenters. The summed E-state index contributed by atoms with van der Waals surface area (Å²) in [5.74, 6) is 2.28. The lowest BCUT2D eigenvalue weighted by Crippen LogP contribution is -2.31. The van der Waals surface area contributed by atoms with E-state index in [0.29, 0.717) is 101 Å². The van der Waals surface area contributed by atoms with E-state index in [-0.39, 0.29) is 49.5 Å². The summed E-state index contributed by atoms with van der Waals surface area (Å²) < 4.78 is 215. The average molecular weight is 2070 g/mol. The number of alkyl halides is 12. The summed E-state index contributed by atoms with van der Waals surface area (Å²) in [6, 6.07) is 58.6. The summed E-state index contributed by atoms with van der Waals surface area (Å²) in [7, 11) is 4.70. The van der Waals surface area contributed by atoms with E-state index < -0.39 is 114 Å². The van der Waals surface area contributed by atoms with Crippen LogP contribution in [-0.2, 0) is 69.8 Å². The number of methoxy groups -OCH3 is 3. The molecular weight excluding hydrogens is 1940 g/mol. The highest BCUT2D eigenvalue weighted by molar-refractivity contribution is 6.30. The fraction of sp³-hybridized carbons (Fsp3) is 0.361. The normalized spacial score (nSPS) is 17.9. The van der Waals surface area contributed by atoms with Crippen molar-refractivity contribution in [2.45, 2.75) is 262 Å². The van der Waals surface area contributed by atoms with Gasteiger partial charge in [-0.1, -0.05) is 221 Å². The predicted octanol–water partition coefficient (Wildman–Crippen LogP) is 33.6. The summed E-state index contributed by atoms with van der Waals surface area (Å²) in [5.41, 5.74) is 18.9. The van der Waals surface area contributed by atoms with E-state index in [1.807, 2.05) is 128 Å². The maximum absolute atomic E-state index is 14.7. The molecule has 15 nitrogen and oxygen atoms in total. The number of rotatable bonds is 23. The van der Waals surface area contributed by atoms with Crippen LogP contribution < -0.4 is 14.2 Å². The van der Waals surface area contributed by atoms with Gasteiger partial charge in [0.2, 0.25) is 0 Å². The van der Waals surface area contributed by atoms with Crippen molar-refractivity contribution >= 4 is 36.0 Å². The molecule has 0 saturated carbocycles. The Morgan fingerprint density at radius 2 is 0.615 bits per heavy atom. The molecule has 0 bridgehead atoms. The van der Waals surface area contributed by atoms with Crippen LogP contribution in [0, 0.1) is 61.2 Å². The van der Waals surface area contributed by atoms with Crippen molar-refractivity contribution in [3.8, 4) is 61.8 Å². The number of hydrogen-bond acceptors (Lipinski definition) is 11. The smallest absolute Gasteiger partial charge is 0.416 e. The van der Waals surface area contributed by atoms with Crippen LogP contribution in [0.3, 0.4) is 0 Å². The van der Waals surface area contributed by atoms with E-state index in [0.717, 1.165) is 132 Å². The fourth-order valence-electron chi connectivity index (χ4n) is 19.6. The first-order chi connectivity index (χ1) is 69.4. The number of ether oxygens (including phenoxy) is 7. The lowest BCUT2D eigenvalue weighted by Gasteiger charge is -2.24. The maximum atomic E-state index is 14.7. The van der Waals surface area contributed by atoms with Gasteiger partial charge in [-0.15, -0.1) is 0 Å². The van der Waals surface area contributed by atoms with Gasteiger partial charge < -0.3 is 33.2 Å². The summed E-state index contributed by atoms with van der Waals surface area (Å²) in [5, 5.41) is 0.430. The number of halogens is 14. The van der Waals surface area contributed by atoms with Crippen LogP contribution in [0.1, 0.15) is 265 Å². The van der Waals surface area contributed by atoms with Crippen molar-refractivity contribution in [3.05, 3.63) is 357 Å². The van der Waals surface area contributed by atoms with Crippen LogP contribution in [0.15, 0.2) is 212 Å². The molecule has 0 spiro atoms. The van der Waals surface area contributed by atoms with E-state index in [2.05, 4.69) is 84.9 Å². The zero-order valence-electron chi connectivity index (χ0n) is 87.0. The molecule has 16 rings (SSSR count). The quantitative estimate of drug-likeness (QED) is 0.0445. The highest BCUT2D eigenvalue weighted by Crippen LogP contribution is 2.50. The van der Waals surface area contributed by atoms with Gasteiger partial charge in [0.25, 0.3) is 0 Å². The first-order valence-electron chi connectivity index (χ1n) is 49.0. The molecule has 8 atom stereocenters. The molecule has 784 valence electrons. The minimum Gasteiger partial charge on any atom is -0.496 e. The van der Waals surface area contributed by atoms with Gasteiger partial charge in [-0.2, -0.15) is 52.7 Å². The monoisotopic (exact) mass is 2070 g/mol. The largest absolute Gasteiger partial charge is 0.496 e. The van der Waals surface area contributed by atoms with Crippen LogP contribution in [-0.4, -0.2) is 89.5 Å². The number of hydrogen-bond donors (Lipinski definition) is 0. The van der Waals surface area contributed by atoms with Crippen molar-refractivity contribution in [1.82, 2.24) is 19.6 Å². The van der Waals surface area contributed by atoms with E-state index in [1.165, 1.54) is 38.3 Å². The number of aryl methyl sites for hydroxylation is 8. The molecule has 4 heterocycles. The van der Waals surface area contributed by atoms with Crippen molar-refractivity contribution < 1.29 is 109 Å². The van der Waals surface area contributed by atoms with Gasteiger partial charge in [0.15, 0.2) is 0 Å². The van der Waals surface area contributed by atoms with Crippen molar-refractivity contribution in [1.29, 1.82) is 0 Å². The highest BCUT2D eigenvalue weighted by atomic mass is 35.5. The minimum absolute atomic E-state index is 0.0224. The van der Waals surface area contributed by atoms with Gasteiger partial charge in [-0.3, -0.25) is 19.6 Å². The summed E-state index contributed by atoms with van der Waals surface area (Å²) in [6.45, 7) is 38.5. The Hall–Kier alpha value is -13.5. The van der Waals surface area contributed by atoms with Crippen LogP contribution in [0.4, 0.5) is 76.3 Å². The van der Waals surface area contributed by atoms with Gasteiger partial charge in [0.1, 0.15) is 47.5 Å². The third kappa shape index (κ3) is 25.5. The van der Waals surface area contributed by atoms with Gasteiger partial charge in [-0.25, -0.2) is 23.6 Å². The molecule has 4 aliphatic heterocycles. The Kier molecular flexibility index (Phi) is 34.2. The van der Waals surface area contributed by atoms with Crippen LogP contribution >= 0.6 is 11.6 Å². The second-order valence-electron chi connectivity index (χ2n) is 40.2. The molecule has 0 aromatic heterocycles. The number of carbonyl (C=O) groups excluding carboxylic acids is 4. The molecule has 4 amide bonds. The Balaban J connectivity index is 0.000000165. The number of benzene rings is 12. The average Bonchev–Trinajstić information content (AvgIpc) is 1.54. The number of cyclic esters (lactones) is 4. The first kappa shape index (κ1) is 112. The van der Waals surface area contributed by atoms with Crippen LogP contribution in [0.2, 0.25) is 5.02 Å². The number of nitrogens with zero attached hydrogens (tertiary/aromatic N) is 4. The highest BCUT2D eigenvalue weighted by Gasteiger charge is 2.47. The Morgan fingerprint density at radius 1 is 0.304 bits per heavy atom. The van der Waals surface area contributed by atoms with Crippen LogP contribution in [0.25, 0.3) is 44.5 Å². The summed E-state index contributed by atoms with van der Waals surface area (Å²) in [6.07, 6.45) is -22.8. The fourth-order valence-corrected chi connectivity index (χ4v) is 19.7. The Bertz CT molecular complexity index is 6730. The molecule has 4 aliphatic rings. The SMILES string of the molecule is COc1cc(F)c(C(C)C)cc1-c1ccc(Cl)cc1CN1C(=O)O[C@H](c2cc(C)cc(C(F)(F)F)c2)[C@@H]1C.COc1ccc(C(C)C)cc1-c1ccc(C)cc1[C@@H]1OC(=O)N(Cc2cc(C)cc(C(F)(F)F)c2)[C@H]1C.COc1ccc(C(C)C)cc1-c1ccc(C)cc1[C@H]1OC(=O)N(Cc2cc(C)cc(C(F)(F)F)c2)[C@H]1C.Cc1cc(CN2C(=O)O[C@H](c3cc(C)ccc3-c3cc(C(C)C)ccc3C)[C@H]2C)cc(C(F)(F)F)c1. The predicted molar refractivity (Wildman–Crippen MR) is 549 cm³/mol. The van der Waals surface area contributed by atoms with Crippen molar-refractivity contribution in [2.24, 2.45) is 0 Å². The standard InChI is InChI=1S/2C30H32F3NO3.C30H32F3NO2.C29H28ClF4NO3/c2*1-17(2)22-8-10-27(36-6)25(15-22)24-9-7-18(3)13-26(24)28-20(5)34(29(35)37-28)16-21-11-19(4)12-23(14-21)30(31,32)33;1-17(2)23-9-8-20(5)26(15-23)25-10-7-18(3)13-27(25)28-21(6)34(29(35)36-28)16-22-11-19(4)12-24(14-22)30(31,32)33;1-15(2)23-12-24(26(37-5)13-25(23)31)22-7-6-21(30)11-19(22)14-35-17(4)27(38-28(35)36)18-8-16(3)9-20(10-18)29(32,33)34/h2*7-15,17,20,28H,16H2,1-6H3;7-15,17,21,28H,16H2,1-6H3;6-13,15,17,27H,14H2,1-5H3/t20-,28+;20-,28-;21-,28+;17-,27-/m0010/s1. The molecular formula is C119H124ClF13N4O11. The summed E-state index contributed by atoms with van der Waals surface area (Å²) >= 11 is 6.31. The number of carbonyl (C=O) groups is 4. The Morgan fingerprint density at radius 3 is 0.966 bits per heavy atom. The molecule has 12 aromatic carbocycles. The molecule has 0 aliphatic carbocycles. The summed E-state index contributed by atoms with van der Waals surface area (Å²) in [4.78, 5) is 57.9. The van der Waals surface area contributed by atoms with Crippen LogP contribution in [0.5, 0.6) is 17.2 Å². The Labute approximate surface area is 861 Å². The topological polar surface area (TPSA) is 146 Å². The molecule has 12 aromatic rings. The second-order valence-corrected chi connectivity index (χ2v) is 40.6. The number of amides is 4. The third-order valence-electron chi connectivity index (χ3n) is 27.5. The second kappa shape index (κ2) is 45.3. The molecule has 0 radical (unpaired) electrons. The zero-order chi connectivity index (χ0) is 108. The minimum atomic E-state index is -4.52. The van der Waals surface area contributed by atoms with E-state index in [9.17, 15) is 76.3 Å². The maximum Gasteiger partial charge on any atom is 0.416 e. The molecule has 4 fully saturated rings. The van der Waals surface area contributed by atoms with Crippen molar-refractivity contribution in [2.75, 3.05) is 21.3 Å². The first-order valence-corrected chi connectivity index (χ1v) is 49.4. The van der Waals surface area contributed by atoms with Gasteiger partial charge in [0.05, 0.1) is 74.3 Å². The van der Waals surface area contributed by atoms with Gasteiger partial charge in [-0.05, 0) is 281 Å². The third-order valence-corrected chi connectivity index (χ3v) is 27.8. The zero-order valence-corrected chi connectivity index (χ0v) is 87.8. The lowest BCUT2D eigenvalue weighted by molar-refractivity contribution is -0.138. The molecule has 148 heavy (non-hydrogen) atoms. The van der Waals surface area contributed by atoms with E-state index in [1.54, 1.807) is 97.4 Å².